The Morgan fingerprint density at radius 2 is 1.95 bits per heavy atom. The van der Waals surface area contributed by atoms with Crippen molar-refractivity contribution in [2.75, 3.05) is 6.54 Å². The van der Waals surface area contributed by atoms with Crippen LogP contribution in [0.3, 0.4) is 0 Å². The van der Waals surface area contributed by atoms with Crippen molar-refractivity contribution in [1.82, 2.24) is 5.32 Å². The third-order valence-corrected chi connectivity index (χ3v) is 3.76. The van der Waals surface area contributed by atoms with Crippen molar-refractivity contribution >= 4 is 11.6 Å². The molecule has 0 saturated carbocycles. The predicted molar refractivity (Wildman–Crippen MR) is 82.6 cm³/mol. The molecule has 0 heterocycles. The first-order chi connectivity index (χ1) is 9.15. The normalized spacial score (nSPS) is 14.3. The van der Waals surface area contributed by atoms with Gasteiger partial charge >= 0.3 is 0 Å². The van der Waals surface area contributed by atoms with Crippen molar-refractivity contribution in [1.29, 1.82) is 0 Å². The Balaban J connectivity index is 2.26. The number of aliphatic hydroxyl groups is 1. The van der Waals surface area contributed by atoms with E-state index in [-0.39, 0.29) is 0 Å². The number of hydrogen-bond acceptors (Lipinski definition) is 2. The summed E-state index contributed by atoms with van der Waals surface area (Å²) in [6.07, 6.45) is 5.77. The fourth-order valence-corrected chi connectivity index (χ4v) is 2.41. The van der Waals surface area contributed by atoms with Crippen LogP contribution in [-0.2, 0) is 0 Å². The molecule has 2 unspecified atom stereocenters. The Morgan fingerprint density at radius 1 is 1.21 bits per heavy atom. The maximum atomic E-state index is 10.1. The van der Waals surface area contributed by atoms with Gasteiger partial charge in [0, 0.05) is 23.2 Å². The Hall–Kier alpha value is -0.570. The van der Waals surface area contributed by atoms with Gasteiger partial charge in [0.15, 0.2) is 0 Å². The summed E-state index contributed by atoms with van der Waals surface area (Å²) in [7, 11) is 0. The highest BCUT2D eigenvalue weighted by molar-refractivity contribution is 6.31. The molecule has 0 aromatic heterocycles. The van der Waals surface area contributed by atoms with E-state index in [1.54, 1.807) is 0 Å². The van der Waals surface area contributed by atoms with E-state index >= 15 is 0 Å². The molecule has 0 bridgehead atoms. The number of hydrogen-bond donors (Lipinski definition) is 2. The number of aliphatic hydroxyl groups excluding tert-OH is 1. The van der Waals surface area contributed by atoms with Crippen molar-refractivity contribution in [3.63, 3.8) is 0 Å². The number of rotatable bonds is 9. The van der Waals surface area contributed by atoms with Crippen LogP contribution < -0.4 is 5.32 Å². The minimum Gasteiger partial charge on any atom is -0.387 e. The first-order valence-electron chi connectivity index (χ1n) is 7.31. The molecule has 19 heavy (non-hydrogen) atoms. The number of nitrogens with one attached hydrogen (secondary N) is 1. The van der Waals surface area contributed by atoms with Crippen LogP contribution in [0, 0.1) is 0 Å². The van der Waals surface area contributed by atoms with Gasteiger partial charge in [-0.05, 0) is 19.4 Å². The van der Waals surface area contributed by atoms with Gasteiger partial charge in [0.2, 0.25) is 0 Å². The van der Waals surface area contributed by atoms with Gasteiger partial charge in [-0.1, -0.05) is 62.4 Å². The minimum absolute atomic E-state index is 0.439. The van der Waals surface area contributed by atoms with Crippen LogP contribution in [0.25, 0.3) is 0 Å². The Labute approximate surface area is 122 Å². The lowest BCUT2D eigenvalue weighted by atomic mass is 10.1. The van der Waals surface area contributed by atoms with E-state index < -0.39 is 6.10 Å². The smallest absolute Gasteiger partial charge is 0.0928 e. The zero-order chi connectivity index (χ0) is 14.1. The largest absolute Gasteiger partial charge is 0.387 e. The van der Waals surface area contributed by atoms with Crippen molar-refractivity contribution in [3.8, 4) is 0 Å². The van der Waals surface area contributed by atoms with Crippen LogP contribution in [0.4, 0.5) is 0 Å². The van der Waals surface area contributed by atoms with Crippen LogP contribution in [0.2, 0.25) is 5.02 Å². The predicted octanol–water partition coefficient (Wildman–Crippen LogP) is 4.32. The highest BCUT2D eigenvalue weighted by atomic mass is 35.5. The van der Waals surface area contributed by atoms with E-state index in [1.807, 2.05) is 24.3 Å². The third kappa shape index (κ3) is 6.42. The highest BCUT2D eigenvalue weighted by Crippen LogP contribution is 2.22. The molecule has 0 aliphatic carbocycles. The molecule has 1 aromatic rings. The average molecular weight is 284 g/mol. The summed E-state index contributed by atoms with van der Waals surface area (Å²) in [6, 6.07) is 7.91. The Morgan fingerprint density at radius 3 is 2.63 bits per heavy atom. The molecule has 2 atom stereocenters. The summed E-state index contributed by atoms with van der Waals surface area (Å²) in [4.78, 5) is 0. The van der Waals surface area contributed by atoms with Crippen LogP contribution in [-0.4, -0.2) is 17.7 Å². The van der Waals surface area contributed by atoms with Crippen LogP contribution in [0.1, 0.15) is 57.6 Å². The first-order valence-corrected chi connectivity index (χ1v) is 7.68. The van der Waals surface area contributed by atoms with Gasteiger partial charge in [0.05, 0.1) is 6.10 Å². The van der Waals surface area contributed by atoms with E-state index in [4.69, 9.17) is 11.6 Å². The molecule has 108 valence electrons. The lowest BCUT2D eigenvalue weighted by molar-refractivity contribution is 0.170. The summed E-state index contributed by atoms with van der Waals surface area (Å²) in [5.41, 5.74) is 0.801. The van der Waals surface area contributed by atoms with E-state index in [0.29, 0.717) is 17.6 Å². The van der Waals surface area contributed by atoms with Crippen molar-refractivity contribution < 1.29 is 5.11 Å². The summed E-state index contributed by atoms with van der Waals surface area (Å²) in [6.45, 7) is 4.95. The molecule has 0 aliphatic rings. The zero-order valence-electron chi connectivity index (χ0n) is 12.0. The lowest BCUT2D eigenvalue weighted by Crippen LogP contribution is -2.30. The summed E-state index contributed by atoms with van der Waals surface area (Å²) < 4.78 is 0. The Bertz CT molecular complexity index is 356. The van der Waals surface area contributed by atoms with Crippen LogP contribution in [0.15, 0.2) is 24.3 Å². The second kappa shape index (κ2) is 9.35. The monoisotopic (exact) mass is 283 g/mol. The molecule has 0 fully saturated rings. The van der Waals surface area contributed by atoms with Crippen LogP contribution in [0.5, 0.6) is 0 Å². The summed E-state index contributed by atoms with van der Waals surface area (Å²) in [5.74, 6) is 0. The molecular formula is C16H26ClNO. The molecular weight excluding hydrogens is 258 g/mol. The fraction of sp³-hybridized carbons (Fsp3) is 0.625. The molecule has 0 spiro atoms. The number of benzene rings is 1. The second-order valence-corrected chi connectivity index (χ2v) is 5.60. The highest BCUT2D eigenvalue weighted by Gasteiger charge is 2.11. The molecule has 0 saturated heterocycles. The molecule has 1 rings (SSSR count). The van der Waals surface area contributed by atoms with E-state index in [1.165, 1.54) is 25.7 Å². The maximum absolute atomic E-state index is 10.1. The summed E-state index contributed by atoms with van der Waals surface area (Å²) >= 11 is 6.07. The van der Waals surface area contributed by atoms with E-state index in [0.717, 1.165) is 12.0 Å². The second-order valence-electron chi connectivity index (χ2n) is 5.20. The van der Waals surface area contributed by atoms with E-state index in [2.05, 4.69) is 19.2 Å². The minimum atomic E-state index is -0.535. The van der Waals surface area contributed by atoms with Crippen molar-refractivity contribution in [2.24, 2.45) is 0 Å². The molecule has 0 amide bonds. The third-order valence-electron chi connectivity index (χ3n) is 3.41. The van der Waals surface area contributed by atoms with Gasteiger partial charge in [-0.2, -0.15) is 0 Å². The number of halogens is 1. The molecule has 2 N–H and O–H groups in total. The van der Waals surface area contributed by atoms with Crippen LogP contribution >= 0.6 is 11.6 Å². The van der Waals surface area contributed by atoms with E-state index in [9.17, 15) is 5.11 Å². The quantitative estimate of drug-likeness (QED) is 0.662. The maximum Gasteiger partial charge on any atom is 0.0928 e. The lowest BCUT2D eigenvalue weighted by Gasteiger charge is -2.18. The topological polar surface area (TPSA) is 32.3 Å². The Kier molecular flexibility index (Phi) is 8.11. The standard InChI is InChI=1S/C16H26ClNO/c1-3-4-5-6-9-13(2)18-12-16(19)14-10-7-8-11-15(14)17/h7-8,10-11,13,16,18-19H,3-6,9,12H2,1-2H3. The van der Waals surface area contributed by atoms with Gasteiger partial charge in [0.1, 0.15) is 0 Å². The van der Waals surface area contributed by atoms with Crippen molar-refractivity contribution in [2.45, 2.75) is 58.1 Å². The first kappa shape index (κ1) is 16.5. The molecule has 1 aromatic carbocycles. The molecule has 0 radical (unpaired) electrons. The fourth-order valence-electron chi connectivity index (χ4n) is 2.15. The van der Waals surface area contributed by atoms with Gasteiger partial charge < -0.3 is 10.4 Å². The molecule has 2 nitrogen and oxygen atoms in total. The summed E-state index contributed by atoms with van der Waals surface area (Å²) in [5, 5.41) is 14.1. The number of unbranched alkanes of at least 4 members (excludes halogenated alkanes) is 3. The zero-order valence-corrected chi connectivity index (χ0v) is 12.8. The van der Waals surface area contributed by atoms with Crippen molar-refractivity contribution in [3.05, 3.63) is 34.9 Å². The van der Waals surface area contributed by atoms with Gasteiger partial charge in [-0.15, -0.1) is 0 Å². The van der Waals surface area contributed by atoms with Gasteiger partial charge in [0.25, 0.3) is 0 Å². The molecule has 0 aliphatic heterocycles. The van der Waals surface area contributed by atoms with Gasteiger partial charge in [-0.3, -0.25) is 0 Å². The molecule has 3 heteroatoms. The average Bonchev–Trinajstić information content (AvgIpc) is 2.41. The SMILES string of the molecule is CCCCCCC(C)NCC(O)c1ccccc1Cl. The van der Waals surface area contributed by atoms with Gasteiger partial charge in [-0.25, -0.2) is 0 Å².